The summed E-state index contributed by atoms with van der Waals surface area (Å²) in [5.41, 5.74) is 3.15. The highest BCUT2D eigenvalue weighted by Gasteiger charge is 2.05. The molecule has 0 aliphatic heterocycles. The molecule has 130 valence electrons. The SMILES string of the molecule is C=CCN(CC=C)c1ccc(/C=C/c2ccc(S(C)(=O)=O)cc2)cc1. The molecule has 0 bridgehead atoms. The Bertz CT molecular complexity index is 838. The summed E-state index contributed by atoms with van der Waals surface area (Å²) in [6, 6.07) is 15.1. The molecule has 25 heavy (non-hydrogen) atoms. The van der Waals surface area contributed by atoms with Crippen molar-refractivity contribution in [3.8, 4) is 0 Å². The van der Waals surface area contributed by atoms with E-state index in [1.54, 1.807) is 24.3 Å². The third-order valence-electron chi connectivity index (χ3n) is 3.73. The van der Waals surface area contributed by atoms with Crippen LogP contribution in [0.2, 0.25) is 0 Å². The van der Waals surface area contributed by atoms with E-state index in [9.17, 15) is 8.42 Å². The lowest BCUT2D eigenvalue weighted by Gasteiger charge is -2.21. The number of nitrogens with zero attached hydrogens (tertiary/aromatic N) is 1. The van der Waals surface area contributed by atoms with Crippen molar-refractivity contribution < 1.29 is 8.42 Å². The van der Waals surface area contributed by atoms with Crippen LogP contribution in [0.1, 0.15) is 11.1 Å². The zero-order chi connectivity index (χ0) is 18.3. The smallest absolute Gasteiger partial charge is 0.175 e. The lowest BCUT2D eigenvalue weighted by molar-refractivity contribution is 0.602. The normalized spacial score (nSPS) is 11.4. The minimum absolute atomic E-state index is 0.332. The van der Waals surface area contributed by atoms with Crippen LogP contribution in [0.25, 0.3) is 12.2 Å². The molecule has 0 spiro atoms. The Kier molecular flexibility index (Phi) is 6.37. The first-order chi connectivity index (χ1) is 11.9. The summed E-state index contributed by atoms with van der Waals surface area (Å²) in [6.07, 6.45) is 8.92. The van der Waals surface area contributed by atoms with Crippen molar-refractivity contribution >= 4 is 27.7 Å². The molecule has 0 heterocycles. The van der Waals surface area contributed by atoms with E-state index in [1.807, 2.05) is 24.3 Å². The Labute approximate surface area is 150 Å². The maximum absolute atomic E-state index is 11.5. The first kappa shape index (κ1) is 18.7. The molecular weight excluding hydrogens is 330 g/mol. The van der Waals surface area contributed by atoms with Crippen molar-refractivity contribution in [3.63, 3.8) is 0 Å². The van der Waals surface area contributed by atoms with Crippen molar-refractivity contribution in [2.75, 3.05) is 24.2 Å². The molecule has 4 heteroatoms. The third-order valence-corrected chi connectivity index (χ3v) is 4.86. The highest BCUT2D eigenvalue weighted by molar-refractivity contribution is 7.90. The number of rotatable bonds is 8. The monoisotopic (exact) mass is 353 g/mol. The Hall–Kier alpha value is -2.59. The van der Waals surface area contributed by atoms with Gasteiger partial charge in [0.2, 0.25) is 0 Å². The van der Waals surface area contributed by atoms with Gasteiger partial charge in [-0.3, -0.25) is 0 Å². The fourth-order valence-electron chi connectivity index (χ4n) is 2.41. The molecule has 2 rings (SSSR count). The van der Waals surface area contributed by atoms with Crippen LogP contribution in [0.4, 0.5) is 5.69 Å². The number of benzene rings is 2. The van der Waals surface area contributed by atoms with E-state index in [-0.39, 0.29) is 0 Å². The average Bonchev–Trinajstić information content (AvgIpc) is 2.60. The minimum atomic E-state index is -3.15. The van der Waals surface area contributed by atoms with E-state index in [4.69, 9.17) is 0 Å². The average molecular weight is 353 g/mol. The van der Waals surface area contributed by atoms with Gasteiger partial charge in [0.15, 0.2) is 9.84 Å². The molecule has 0 aliphatic carbocycles. The van der Waals surface area contributed by atoms with Crippen molar-refractivity contribution in [3.05, 3.63) is 85.0 Å². The van der Waals surface area contributed by atoms with Crippen LogP contribution in [-0.4, -0.2) is 27.8 Å². The molecular formula is C21H23NO2S. The number of anilines is 1. The fourth-order valence-corrected chi connectivity index (χ4v) is 3.04. The summed E-state index contributed by atoms with van der Waals surface area (Å²) in [4.78, 5) is 2.51. The van der Waals surface area contributed by atoms with Crippen LogP contribution < -0.4 is 4.90 Å². The molecule has 0 atom stereocenters. The van der Waals surface area contributed by atoms with Gasteiger partial charge in [-0.15, -0.1) is 13.2 Å². The molecule has 3 nitrogen and oxygen atoms in total. The van der Waals surface area contributed by atoms with Gasteiger partial charge in [0.1, 0.15) is 0 Å². The molecule has 0 saturated heterocycles. The topological polar surface area (TPSA) is 37.4 Å². The van der Waals surface area contributed by atoms with Gasteiger partial charge in [0, 0.05) is 25.0 Å². The quantitative estimate of drug-likeness (QED) is 0.520. The zero-order valence-electron chi connectivity index (χ0n) is 14.4. The second-order valence-electron chi connectivity index (χ2n) is 5.75. The molecule has 2 aromatic rings. The van der Waals surface area contributed by atoms with E-state index >= 15 is 0 Å². The van der Waals surface area contributed by atoms with Gasteiger partial charge in [-0.2, -0.15) is 0 Å². The second kappa shape index (κ2) is 8.49. The largest absolute Gasteiger partial charge is 0.364 e. The van der Waals surface area contributed by atoms with E-state index < -0.39 is 9.84 Å². The van der Waals surface area contributed by atoms with E-state index in [1.165, 1.54) is 6.26 Å². The number of sulfone groups is 1. The minimum Gasteiger partial charge on any atom is -0.364 e. The van der Waals surface area contributed by atoms with Crippen LogP contribution in [0.5, 0.6) is 0 Å². The third kappa shape index (κ3) is 5.47. The van der Waals surface area contributed by atoms with E-state index in [0.717, 1.165) is 29.9 Å². The van der Waals surface area contributed by atoms with Crippen molar-refractivity contribution in [2.24, 2.45) is 0 Å². The Morgan fingerprint density at radius 3 is 1.68 bits per heavy atom. The molecule has 0 N–H and O–H groups in total. The van der Waals surface area contributed by atoms with Gasteiger partial charge in [0.05, 0.1) is 4.90 Å². The second-order valence-corrected chi connectivity index (χ2v) is 7.76. The van der Waals surface area contributed by atoms with Crippen molar-refractivity contribution in [1.82, 2.24) is 0 Å². The van der Waals surface area contributed by atoms with Crippen LogP contribution in [0.15, 0.2) is 78.7 Å². The Balaban J connectivity index is 2.11. The van der Waals surface area contributed by atoms with Crippen LogP contribution in [0.3, 0.4) is 0 Å². The summed E-state index contributed by atoms with van der Waals surface area (Å²) < 4.78 is 22.9. The van der Waals surface area contributed by atoms with Crippen LogP contribution in [0, 0.1) is 0 Å². The van der Waals surface area contributed by atoms with E-state index in [0.29, 0.717) is 4.90 Å². The first-order valence-corrected chi connectivity index (χ1v) is 9.88. The number of hydrogen-bond acceptors (Lipinski definition) is 3. The summed E-state index contributed by atoms with van der Waals surface area (Å²) in [6.45, 7) is 9.11. The van der Waals surface area contributed by atoms with Gasteiger partial charge in [0.25, 0.3) is 0 Å². The summed E-state index contributed by atoms with van der Waals surface area (Å²) >= 11 is 0. The Morgan fingerprint density at radius 1 is 0.840 bits per heavy atom. The lowest BCUT2D eigenvalue weighted by atomic mass is 10.1. The molecule has 0 unspecified atom stereocenters. The van der Waals surface area contributed by atoms with Crippen molar-refractivity contribution in [1.29, 1.82) is 0 Å². The zero-order valence-corrected chi connectivity index (χ0v) is 15.2. The molecule has 0 fully saturated rings. The molecule has 0 radical (unpaired) electrons. The Morgan fingerprint density at radius 2 is 1.28 bits per heavy atom. The highest BCUT2D eigenvalue weighted by Crippen LogP contribution is 2.17. The maximum Gasteiger partial charge on any atom is 0.175 e. The first-order valence-electron chi connectivity index (χ1n) is 7.99. The molecule has 2 aromatic carbocycles. The summed E-state index contributed by atoms with van der Waals surface area (Å²) in [7, 11) is -3.15. The van der Waals surface area contributed by atoms with Gasteiger partial charge in [-0.1, -0.05) is 48.6 Å². The van der Waals surface area contributed by atoms with Crippen molar-refractivity contribution in [2.45, 2.75) is 4.90 Å². The van der Waals surface area contributed by atoms with Gasteiger partial charge in [-0.05, 0) is 35.4 Å². The standard InChI is InChI=1S/C21H23NO2S/c1-4-16-22(17-5-2)20-12-8-18(9-13-20)6-7-19-10-14-21(15-11-19)25(3,23)24/h4-15H,1-2,16-17H2,3H3/b7-6+. The molecule has 0 aliphatic rings. The van der Waals surface area contributed by atoms with Crippen LogP contribution in [-0.2, 0) is 9.84 Å². The lowest BCUT2D eigenvalue weighted by Crippen LogP contribution is -2.22. The molecule has 0 aromatic heterocycles. The highest BCUT2D eigenvalue weighted by atomic mass is 32.2. The summed E-state index contributed by atoms with van der Waals surface area (Å²) in [5.74, 6) is 0. The van der Waals surface area contributed by atoms with E-state index in [2.05, 4.69) is 42.3 Å². The predicted molar refractivity (Wildman–Crippen MR) is 108 cm³/mol. The van der Waals surface area contributed by atoms with Gasteiger partial charge >= 0.3 is 0 Å². The number of hydrogen-bond donors (Lipinski definition) is 0. The summed E-state index contributed by atoms with van der Waals surface area (Å²) in [5, 5.41) is 0. The fraction of sp³-hybridized carbons (Fsp3) is 0.143. The molecule has 0 amide bonds. The van der Waals surface area contributed by atoms with Crippen LogP contribution >= 0.6 is 0 Å². The van der Waals surface area contributed by atoms with Gasteiger partial charge < -0.3 is 4.90 Å². The van der Waals surface area contributed by atoms with Gasteiger partial charge in [-0.25, -0.2) is 8.42 Å². The molecule has 0 saturated carbocycles. The maximum atomic E-state index is 11.5. The predicted octanol–water partition coefficient (Wildman–Crippen LogP) is 4.44.